The van der Waals surface area contributed by atoms with Crippen LogP contribution in [-0.4, -0.2) is 37.0 Å². The molecule has 0 atom stereocenters. The predicted octanol–water partition coefficient (Wildman–Crippen LogP) is 3.75. The van der Waals surface area contributed by atoms with Crippen LogP contribution in [0.4, 0.5) is 4.79 Å². The zero-order chi connectivity index (χ0) is 24.1. The van der Waals surface area contributed by atoms with Crippen LogP contribution >= 0.6 is 0 Å². The van der Waals surface area contributed by atoms with E-state index in [4.69, 9.17) is 13.9 Å². The number of imide groups is 1. The molecule has 0 radical (unpaired) electrons. The number of rotatable bonds is 8. The van der Waals surface area contributed by atoms with E-state index in [0.717, 1.165) is 10.5 Å². The lowest BCUT2D eigenvalue weighted by Gasteiger charge is -2.11. The Kier molecular flexibility index (Phi) is 6.63. The molecule has 3 amide bonds. The summed E-state index contributed by atoms with van der Waals surface area (Å²) in [7, 11) is 2.76. The first-order chi connectivity index (χ1) is 16.5. The van der Waals surface area contributed by atoms with Gasteiger partial charge in [0.25, 0.3) is 5.91 Å². The van der Waals surface area contributed by atoms with Crippen LogP contribution in [0.3, 0.4) is 0 Å². The number of carbonyl (C=O) groups excluding carboxylic acids is 3. The van der Waals surface area contributed by atoms with Crippen molar-refractivity contribution in [2.24, 2.45) is 0 Å². The Labute approximate surface area is 195 Å². The number of hydrogen-bond donors (Lipinski definition) is 1. The van der Waals surface area contributed by atoms with Gasteiger partial charge >= 0.3 is 12.0 Å². The van der Waals surface area contributed by atoms with Gasteiger partial charge < -0.3 is 23.9 Å². The lowest BCUT2D eigenvalue weighted by Crippen LogP contribution is -2.30. The molecule has 0 saturated carbocycles. The van der Waals surface area contributed by atoms with Crippen LogP contribution in [0.5, 0.6) is 11.5 Å². The number of benzene rings is 2. The number of nitrogens with one attached hydrogen (secondary N) is 1. The van der Waals surface area contributed by atoms with Crippen molar-refractivity contribution in [1.82, 2.24) is 10.2 Å². The van der Waals surface area contributed by atoms with Gasteiger partial charge in [-0.1, -0.05) is 36.4 Å². The summed E-state index contributed by atoms with van der Waals surface area (Å²) < 4.78 is 21.2. The minimum absolute atomic E-state index is 0.0120. The average Bonchev–Trinajstić information content (AvgIpc) is 3.43. The van der Waals surface area contributed by atoms with Crippen LogP contribution in [0.1, 0.15) is 27.4 Å². The van der Waals surface area contributed by atoms with E-state index in [1.54, 1.807) is 24.3 Å². The summed E-state index contributed by atoms with van der Waals surface area (Å²) in [6, 6.07) is 17.3. The molecule has 3 aromatic rings. The maximum atomic E-state index is 12.8. The van der Waals surface area contributed by atoms with Gasteiger partial charge in [0.15, 0.2) is 11.5 Å². The first kappa shape index (κ1) is 22.7. The number of esters is 1. The predicted molar refractivity (Wildman–Crippen MR) is 121 cm³/mol. The van der Waals surface area contributed by atoms with Crippen LogP contribution < -0.4 is 14.8 Å². The van der Waals surface area contributed by atoms with E-state index < -0.39 is 17.9 Å². The number of nitrogens with zero attached hydrogens (tertiary/aromatic N) is 1. The fraction of sp³-hybridized carbons (Fsp3) is 0.160. The number of urea groups is 1. The molecule has 1 aliphatic rings. The number of carbonyl (C=O) groups is 3. The highest BCUT2D eigenvalue weighted by Crippen LogP contribution is 2.30. The van der Waals surface area contributed by atoms with E-state index in [2.05, 4.69) is 10.1 Å². The monoisotopic (exact) mass is 462 g/mol. The molecular formula is C25H22N2O7. The SMILES string of the molecule is COC(=O)c1ccc(CN2C(=O)N/C(=C\c3ccc(OCc4ccccc4)c(OC)c3)C2=O)o1. The van der Waals surface area contributed by atoms with E-state index >= 15 is 0 Å². The molecule has 2 heterocycles. The number of hydrogen-bond acceptors (Lipinski definition) is 7. The van der Waals surface area contributed by atoms with Crippen molar-refractivity contribution in [2.75, 3.05) is 14.2 Å². The largest absolute Gasteiger partial charge is 0.493 e. The topological polar surface area (TPSA) is 107 Å². The molecule has 0 bridgehead atoms. The van der Waals surface area contributed by atoms with E-state index in [-0.39, 0.29) is 23.8 Å². The molecule has 0 spiro atoms. The Morgan fingerprint density at radius 2 is 1.82 bits per heavy atom. The summed E-state index contributed by atoms with van der Waals surface area (Å²) in [6.45, 7) is 0.250. The average molecular weight is 462 g/mol. The zero-order valence-electron chi connectivity index (χ0n) is 18.6. The fourth-order valence-electron chi connectivity index (χ4n) is 3.34. The molecule has 9 nitrogen and oxygen atoms in total. The van der Waals surface area contributed by atoms with Crippen molar-refractivity contribution in [3.8, 4) is 11.5 Å². The summed E-state index contributed by atoms with van der Waals surface area (Å²) in [4.78, 5) is 37.7. The van der Waals surface area contributed by atoms with Gasteiger partial charge in [-0.25, -0.2) is 9.59 Å². The first-order valence-corrected chi connectivity index (χ1v) is 10.3. The van der Waals surface area contributed by atoms with Gasteiger partial charge in [-0.3, -0.25) is 9.69 Å². The van der Waals surface area contributed by atoms with E-state index in [9.17, 15) is 14.4 Å². The standard InChI is InChI=1S/C25H22N2O7/c1-31-22-13-17(8-10-20(22)33-15-16-6-4-3-5-7-16)12-19-23(28)27(25(30)26-19)14-18-9-11-21(34-18)24(29)32-2/h3-13H,14-15H2,1-2H3,(H,26,30)/b19-12-. The Morgan fingerprint density at radius 1 is 1.03 bits per heavy atom. The van der Waals surface area contributed by atoms with E-state index in [0.29, 0.717) is 23.7 Å². The Balaban J connectivity index is 1.46. The molecule has 1 fully saturated rings. The molecule has 1 saturated heterocycles. The minimum Gasteiger partial charge on any atom is -0.493 e. The van der Waals surface area contributed by atoms with Gasteiger partial charge in [-0.05, 0) is 41.5 Å². The molecule has 0 unspecified atom stereocenters. The third-order valence-corrected chi connectivity index (χ3v) is 5.06. The maximum Gasteiger partial charge on any atom is 0.373 e. The second-order valence-corrected chi connectivity index (χ2v) is 7.32. The van der Waals surface area contributed by atoms with E-state index in [1.165, 1.54) is 26.4 Å². The highest BCUT2D eigenvalue weighted by atomic mass is 16.5. The van der Waals surface area contributed by atoms with Gasteiger partial charge in [0.1, 0.15) is 18.1 Å². The summed E-state index contributed by atoms with van der Waals surface area (Å²) in [5.74, 6) is 0.133. The van der Waals surface area contributed by atoms with Crippen molar-refractivity contribution in [3.05, 3.63) is 89.0 Å². The van der Waals surface area contributed by atoms with Crippen molar-refractivity contribution in [3.63, 3.8) is 0 Å². The molecule has 1 N–H and O–H groups in total. The number of furan rings is 1. The maximum absolute atomic E-state index is 12.8. The second kappa shape index (κ2) is 9.95. The van der Waals surface area contributed by atoms with Crippen molar-refractivity contribution >= 4 is 24.0 Å². The molecule has 9 heteroatoms. The first-order valence-electron chi connectivity index (χ1n) is 10.3. The van der Waals surface area contributed by atoms with Gasteiger partial charge in [0.2, 0.25) is 5.76 Å². The van der Waals surface area contributed by atoms with Gasteiger partial charge in [-0.2, -0.15) is 0 Å². The fourth-order valence-corrected chi connectivity index (χ4v) is 3.34. The third kappa shape index (κ3) is 4.93. The van der Waals surface area contributed by atoms with Gasteiger partial charge in [0.05, 0.1) is 20.8 Å². The van der Waals surface area contributed by atoms with Crippen LogP contribution in [0.2, 0.25) is 0 Å². The van der Waals surface area contributed by atoms with Crippen LogP contribution in [0, 0.1) is 0 Å². The molecule has 0 aliphatic carbocycles. The number of ether oxygens (including phenoxy) is 3. The smallest absolute Gasteiger partial charge is 0.373 e. The van der Waals surface area contributed by atoms with Crippen molar-refractivity contribution in [1.29, 1.82) is 0 Å². The van der Waals surface area contributed by atoms with Crippen LogP contribution in [-0.2, 0) is 22.7 Å². The molecule has 4 rings (SSSR count). The second-order valence-electron chi connectivity index (χ2n) is 7.32. The van der Waals surface area contributed by atoms with Crippen LogP contribution in [0.25, 0.3) is 6.08 Å². The zero-order valence-corrected chi connectivity index (χ0v) is 18.6. The van der Waals surface area contributed by atoms with Crippen LogP contribution in [0.15, 0.2) is 70.8 Å². The van der Waals surface area contributed by atoms with Crippen molar-refractivity contribution in [2.45, 2.75) is 13.2 Å². The third-order valence-electron chi connectivity index (χ3n) is 5.06. The molecule has 34 heavy (non-hydrogen) atoms. The summed E-state index contributed by atoms with van der Waals surface area (Å²) in [5.41, 5.74) is 1.76. The number of methoxy groups -OCH3 is 2. The molecule has 1 aliphatic heterocycles. The summed E-state index contributed by atoms with van der Waals surface area (Å²) >= 11 is 0. The minimum atomic E-state index is -0.644. The number of amides is 3. The summed E-state index contributed by atoms with van der Waals surface area (Å²) in [6.07, 6.45) is 1.55. The normalized spacial score (nSPS) is 14.3. The summed E-state index contributed by atoms with van der Waals surface area (Å²) in [5, 5.41) is 2.56. The molecule has 174 valence electrons. The molecule has 2 aromatic carbocycles. The molecule has 1 aromatic heterocycles. The van der Waals surface area contributed by atoms with Gasteiger partial charge in [0, 0.05) is 0 Å². The van der Waals surface area contributed by atoms with Gasteiger partial charge in [-0.15, -0.1) is 0 Å². The highest BCUT2D eigenvalue weighted by Gasteiger charge is 2.34. The molecular weight excluding hydrogens is 440 g/mol. The van der Waals surface area contributed by atoms with E-state index in [1.807, 2.05) is 30.3 Å². The van der Waals surface area contributed by atoms with Crippen molar-refractivity contribution < 1.29 is 33.0 Å². The Morgan fingerprint density at radius 3 is 2.56 bits per heavy atom. The lowest BCUT2D eigenvalue weighted by molar-refractivity contribution is -0.123. The highest BCUT2D eigenvalue weighted by molar-refractivity contribution is 6.13. The Hall–Kier alpha value is -4.53. The quantitative estimate of drug-likeness (QED) is 0.309. The lowest BCUT2D eigenvalue weighted by atomic mass is 10.1. The Bertz CT molecular complexity index is 1250.